The van der Waals surface area contributed by atoms with Gasteiger partial charge in [-0.05, 0) is 25.0 Å². The second kappa shape index (κ2) is 6.72. The summed E-state index contributed by atoms with van der Waals surface area (Å²) in [6.45, 7) is 4.03. The molecule has 2 aromatic rings. The zero-order chi connectivity index (χ0) is 14.5. The quantitative estimate of drug-likeness (QED) is 0.887. The van der Waals surface area contributed by atoms with Gasteiger partial charge >= 0.3 is 0 Å². The highest BCUT2D eigenvalue weighted by Gasteiger charge is 2.13. The van der Waals surface area contributed by atoms with E-state index < -0.39 is 0 Å². The maximum absolute atomic E-state index is 6.23. The Morgan fingerprint density at radius 1 is 1.45 bits per heavy atom. The Labute approximate surface area is 123 Å². The molecule has 1 atom stereocenters. The minimum atomic E-state index is 0.0599. The molecule has 5 nitrogen and oxygen atoms in total. The number of benzene rings is 1. The molecule has 2 N–H and O–H groups in total. The van der Waals surface area contributed by atoms with Gasteiger partial charge in [-0.2, -0.15) is 4.98 Å². The molecule has 20 heavy (non-hydrogen) atoms. The highest BCUT2D eigenvalue weighted by molar-refractivity contribution is 6.31. The van der Waals surface area contributed by atoms with Gasteiger partial charge in [0.25, 0.3) is 0 Å². The number of aryl methyl sites for hydroxylation is 1. The predicted molar refractivity (Wildman–Crippen MR) is 76.8 cm³/mol. The SMILES string of the molecule is CCC(N)Cc1c(Cl)cccc1OCc1noc(C)n1. The first kappa shape index (κ1) is 14.8. The summed E-state index contributed by atoms with van der Waals surface area (Å²) in [5, 5.41) is 4.45. The van der Waals surface area contributed by atoms with E-state index in [1.807, 2.05) is 25.1 Å². The van der Waals surface area contributed by atoms with Crippen molar-refractivity contribution < 1.29 is 9.26 Å². The molecule has 1 aromatic heterocycles. The smallest absolute Gasteiger partial charge is 0.223 e. The van der Waals surface area contributed by atoms with E-state index in [9.17, 15) is 0 Å². The molecule has 1 unspecified atom stereocenters. The standard InChI is InChI=1S/C14H18ClN3O2/c1-3-10(16)7-11-12(15)5-4-6-13(11)19-8-14-17-9(2)20-18-14/h4-6,10H,3,7-8,16H2,1-2H3. The fraction of sp³-hybridized carbons (Fsp3) is 0.429. The van der Waals surface area contributed by atoms with Crippen molar-refractivity contribution in [2.45, 2.75) is 39.3 Å². The van der Waals surface area contributed by atoms with Gasteiger partial charge in [0.05, 0.1) is 0 Å². The lowest BCUT2D eigenvalue weighted by molar-refractivity contribution is 0.282. The molecule has 0 aliphatic carbocycles. The third kappa shape index (κ3) is 3.71. The Morgan fingerprint density at radius 3 is 2.90 bits per heavy atom. The van der Waals surface area contributed by atoms with Crippen LogP contribution in [0.15, 0.2) is 22.7 Å². The average Bonchev–Trinajstić information content (AvgIpc) is 2.85. The Hall–Kier alpha value is -1.59. The number of rotatable bonds is 6. The van der Waals surface area contributed by atoms with Crippen LogP contribution in [0.5, 0.6) is 5.75 Å². The van der Waals surface area contributed by atoms with Crippen LogP contribution in [0.4, 0.5) is 0 Å². The van der Waals surface area contributed by atoms with Crippen LogP contribution >= 0.6 is 11.6 Å². The van der Waals surface area contributed by atoms with E-state index in [0.717, 1.165) is 12.0 Å². The van der Waals surface area contributed by atoms with Crippen molar-refractivity contribution in [3.05, 3.63) is 40.5 Å². The first-order valence-electron chi connectivity index (χ1n) is 6.55. The lowest BCUT2D eigenvalue weighted by Crippen LogP contribution is -2.22. The first-order chi connectivity index (χ1) is 9.60. The summed E-state index contributed by atoms with van der Waals surface area (Å²) in [4.78, 5) is 4.09. The maximum Gasteiger partial charge on any atom is 0.223 e. The maximum atomic E-state index is 6.23. The summed E-state index contributed by atoms with van der Waals surface area (Å²) >= 11 is 6.23. The van der Waals surface area contributed by atoms with Crippen LogP contribution in [0.1, 0.15) is 30.6 Å². The van der Waals surface area contributed by atoms with Crippen LogP contribution in [-0.2, 0) is 13.0 Å². The van der Waals surface area contributed by atoms with Crippen molar-refractivity contribution in [1.29, 1.82) is 0 Å². The second-order valence-corrected chi connectivity index (χ2v) is 5.01. The second-order valence-electron chi connectivity index (χ2n) is 4.61. The van der Waals surface area contributed by atoms with Crippen LogP contribution < -0.4 is 10.5 Å². The molecule has 0 bridgehead atoms. The summed E-state index contributed by atoms with van der Waals surface area (Å²) in [5.74, 6) is 1.74. The highest BCUT2D eigenvalue weighted by atomic mass is 35.5. The summed E-state index contributed by atoms with van der Waals surface area (Å²) in [6, 6.07) is 5.62. The summed E-state index contributed by atoms with van der Waals surface area (Å²) in [5.41, 5.74) is 6.92. The van der Waals surface area contributed by atoms with Gasteiger partial charge in [0.1, 0.15) is 5.75 Å². The summed E-state index contributed by atoms with van der Waals surface area (Å²) in [6.07, 6.45) is 1.56. The topological polar surface area (TPSA) is 74.2 Å². The van der Waals surface area contributed by atoms with Gasteiger partial charge in [0, 0.05) is 23.6 Å². The van der Waals surface area contributed by atoms with Crippen LogP contribution in [0.3, 0.4) is 0 Å². The van der Waals surface area contributed by atoms with Crippen molar-refractivity contribution in [3.63, 3.8) is 0 Å². The molecular formula is C14H18ClN3O2. The lowest BCUT2D eigenvalue weighted by Gasteiger charge is -2.15. The molecule has 2 rings (SSSR count). The van der Waals surface area contributed by atoms with Crippen LogP contribution in [0.2, 0.25) is 5.02 Å². The number of nitrogens with zero attached hydrogens (tertiary/aromatic N) is 2. The fourth-order valence-corrected chi connectivity index (χ4v) is 2.06. The largest absolute Gasteiger partial charge is 0.485 e. The van der Waals surface area contributed by atoms with Gasteiger partial charge in [-0.15, -0.1) is 0 Å². The van der Waals surface area contributed by atoms with Crippen molar-refractivity contribution in [1.82, 2.24) is 10.1 Å². The Bertz CT molecular complexity index is 571. The number of ether oxygens (including phenoxy) is 1. The number of nitrogens with two attached hydrogens (primary N) is 1. The molecule has 1 heterocycles. The van der Waals surface area contributed by atoms with E-state index >= 15 is 0 Å². The van der Waals surface area contributed by atoms with Crippen molar-refractivity contribution in [3.8, 4) is 5.75 Å². The number of aromatic nitrogens is 2. The van der Waals surface area contributed by atoms with Crippen LogP contribution in [0.25, 0.3) is 0 Å². The van der Waals surface area contributed by atoms with Gasteiger partial charge in [-0.25, -0.2) is 0 Å². The van der Waals surface area contributed by atoms with Gasteiger partial charge in [0.15, 0.2) is 6.61 Å². The third-order valence-corrected chi connectivity index (χ3v) is 3.35. The summed E-state index contributed by atoms with van der Waals surface area (Å²) in [7, 11) is 0. The third-order valence-electron chi connectivity index (χ3n) is 2.99. The Balaban J connectivity index is 2.12. The van der Waals surface area contributed by atoms with Gasteiger partial charge in [-0.3, -0.25) is 0 Å². The normalized spacial score (nSPS) is 12.4. The fourth-order valence-electron chi connectivity index (χ4n) is 1.82. The van der Waals surface area contributed by atoms with Crippen molar-refractivity contribution in [2.24, 2.45) is 5.73 Å². The Morgan fingerprint density at radius 2 is 2.25 bits per heavy atom. The molecule has 0 aliphatic rings. The van der Waals surface area contributed by atoms with Crippen molar-refractivity contribution in [2.75, 3.05) is 0 Å². The molecule has 0 radical (unpaired) electrons. The monoisotopic (exact) mass is 295 g/mol. The van der Waals surface area contributed by atoms with E-state index in [0.29, 0.717) is 28.9 Å². The molecule has 0 saturated carbocycles. The van der Waals surface area contributed by atoms with E-state index in [-0.39, 0.29) is 12.6 Å². The molecule has 6 heteroatoms. The molecule has 0 fully saturated rings. The molecule has 108 valence electrons. The van der Waals surface area contributed by atoms with E-state index in [2.05, 4.69) is 10.1 Å². The van der Waals surface area contributed by atoms with Gasteiger partial charge < -0.3 is 15.0 Å². The van der Waals surface area contributed by atoms with Gasteiger partial charge in [0.2, 0.25) is 11.7 Å². The number of hydrogen-bond acceptors (Lipinski definition) is 5. The van der Waals surface area contributed by atoms with Crippen LogP contribution in [-0.4, -0.2) is 16.2 Å². The molecule has 0 aliphatic heterocycles. The average molecular weight is 296 g/mol. The highest BCUT2D eigenvalue weighted by Crippen LogP contribution is 2.28. The molecular weight excluding hydrogens is 278 g/mol. The number of halogens is 1. The van der Waals surface area contributed by atoms with Crippen molar-refractivity contribution >= 4 is 11.6 Å². The minimum Gasteiger partial charge on any atom is -0.485 e. The lowest BCUT2D eigenvalue weighted by atomic mass is 10.0. The molecule has 0 amide bonds. The van der Waals surface area contributed by atoms with E-state index in [1.165, 1.54) is 0 Å². The van der Waals surface area contributed by atoms with Gasteiger partial charge in [-0.1, -0.05) is 29.7 Å². The zero-order valence-corrected chi connectivity index (χ0v) is 12.4. The van der Waals surface area contributed by atoms with E-state index in [4.69, 9.17) is 26.6 Å². The summed E-state index contributed by atoms with van der Waals surface area (Å²) < 4.78 is 10.6. The number of hydrogen-bond donors (Lipinski definition) is 1. The predicted octanol–water partition coefficient (Wildman–Crippen LogP) is 2.89. The molecule has 0 saturated heterocycles. The molecule has 1 aromatic carbocycles. The van der Waals surface area contributed by atoms with Crippen LogP contribution in [0, 0.1) is 6.92 Å². The Kier molecular flexibility index (Phi) is 4.98. The van der Waals surface area contributed by atoms with E-state index in [1.54, 1.807) is 6.92 Å². The first-order valence-corrected chi connectivity index (χ1v) is 6.93. The zero-order valence-electron chi connectivity index (χ0n) is 11.6. The molecule has 0 spiro atoms. The minimum absolute atomic E-state index is 0.0599.